The van der Waals surface area contributed by atoms with Crippen LogP contribution in [0.25, 0.3) is 10.8 Å². The summed E-state index contributed by atoms with van der Waals surface area (Å²) in [4.78, 5) is 37.2. The van der Waals surface area contributed by atoms with E-state index in [-0.39, 0.29) is 17.4 Å². The lowest BCUT2D eigenvalue weighted by atomic mass is 9.92. The molecule has 3 aromatic rings. The fourth-order valence-corrected chi connectivity index (χ4v) is 3.55. The first-order valence-electron chi connectivity index (χ1n) is 10.0. The number of carbonyl (C=O) groups is 3. The second-order valence-corrected chi connectivity index (χ2v) is 7.15. The zero-order chi connectivity index (χ0) is 21.7. The van der Waals surface area contributed by atoms with Gasteiger partial charge in [-0.25, -0.2) is 0 Å². The van der Waals surface area contributed by atoms with Gasteiger partial charge in [-0.2, -0.15) is 0 Å². The second kappa shape index (κ2) is 9.35. The molecule has 0 atom stereocenters. The van der Waals surface area contributed by atoms with Crippen molar-refractivity contribution >= 4 is 28.4 Å². The number of aryl methyl sites for hydroxylation is 1. The van der Waals surface area contributed by atoms with Crippen LogP contribution in [-0.2, 0) is 11.2 Å². The van der Waals surface area contributed by atoms with E-state index in [1.54, 1.807) is 25.1 Å². The van der Waals surface area contributed by atoms with Crippen molar-refractivity contribution in [1.82, 2.24) is 5.32 Å². The lowest BCUT2D eigenvalue weighted by Crippen LogP contribution is -2.26. The number of ketones is 1. The molecular weight excluding hydrogens is 378 g/mol. The molecule has 0 radical (unpaired) electrons. The number of carbonyl (C=O) groups excluding carboxylic acids is 3. The first-order valence-corrected chi connectivity index (χ1v) is 10.0. The maximum Gasteiger partial charge on any atom is 0.308 e. The quantitative estimate of drug-likeness (QED) is 0.354. The van der Waals surface area contributed by atoms with Crippen molar-refractivity contribution in [1.29, 1.82) is 0 Å². The largest absolute Gasteiger partial charge is 0.426 e. The highest BCUT2D eigenvalue weighted by Crippen LogP contribution is 2.35. The summed E-state index contributed by atoms with van der Waals surface area (Å²) in [6, 6.07) is 16.7. The average molecular weight is 403 g/mol. The molecule has 5 nitrogen and oxygen atoms in total. The molecule has 0 aromatic heterocycles. The number of hydrogen-bond acceptors (Lipinski definition) is 4. The van der Waals surface area contributed by atoms with Crippen molar-refractivity contribution in [2.24, 2.45) is 0 Å². The minimum atomic E-state index is -0.484. The second-order valence-electron chi connectivity index (χ2n) is 7.15. The van der Waals surface area contributed by atoms with Gasteiger partial charge in [-0.15, -0.1) is 0 Å². The summed E-state index contributed by atoms with van der Waals surface area (Å²) in [5, 5.41) is 4.07. The molecule has 0 fully saturated rings. The van der Waals surface area contributed by atoms with Crippen molar-refractivity contribution in [2.45, 2.75) is 33.6 Å². The number of Topliss-reactive ketones (excluding diaryl/α,β-unsaturated/α-hetero) is 1. The fraction of sp³-hybridized carbons (Fsp3) is 0.240. The molecule has 1 N–H and O–H groups in total. The highest BCUT2D eigenvalue weighted by atomic mass is 16.5. The van der Waals surface area contributed by atoms with E-state index in [9.17, 15) is 14.4 Å². The molecule has 0 heterocycles. The van der Waals surface area contributed by atoms with Crippen LogP contribution in [0.5, 0.6) is 5.75 Å². The van der Waals surface area contributed by atoms with E-state index in [4.69, 9.17) is 4.74 Å². The summed E-state index contributed by atoms with van der Waals surface area (Å²) >= 11 is 0. The van der Waals surface area contributed by atoms with Crippen LogP contribution in [0.3, 0.4) is 0 Å². The van der Waals surface area contributed by atoms with Crippen molar-refractivity contribution in [3.05, 3.63) is 76.9 Å². The van der Waals surface area contributed by atoms with Crippen LogP contribution in [0.1, 0.15) is 52.1 Å². The number of hydrogen-bond donors (Lipinski definition) is 1. The maximum atomic E-state index is 13.0. The summed E-state index contributed by atoms with van der Waals surface area (Å²) in [6.07, 6.45) is 1.04. The van der Waals surface area contributed by atoms with Crippen LogP contribution >= 0.6 is 0 Å². The first kappa shape index (κ1) is 21.2. The third-order valence-electron chi connectivity index (χ3n) is 4.99. The molecule has 0 spiro atoms. The summed E-state index contributed by atoms with van der Waals surface area (Å²) in [5.41, 5.74) is 2.88. The molecular formula is C25H25NO4. The molecule has 1 amide bonds. The molecule has 0 aliphatic carbocycles. The van der Waals surface area contributed by atoms with E-state index in [1.807, 2.05) is 43.3 Å². The summed E-state index contributed by atoms with van der Waals surface area (Å²) in [6.45, 7) is 5.45. The molecule has 0 bridgehead atoms. The minimum absolute atomic E-state index is 0.0286. The highest BCUT2D eigenvalue weighted by molar-refractivity contribution is 6.17. The Labute approximate surface area is 176 Å². The Hall–Kier alpha value is -3.47. The van der Waals surface area contributed by atoms with E-state index in [0.717, 1.165) is 11.1 Å². The smallest absolute Gasteiger partial charge is 0.308 e. The van der Waals surface area contributed by atoms with Crippen LogP contribution in [0.15, 0.2) is 54.6 Å². The van der Waals surface area contributed by atoms with Gasteiger partial charge in [-0.1, -0.05) is 43.3 Å². The standard InChI is InChI=1S/C25H25NO4/c1-4-21(28)19-12-13-22(30-17(3)27)24-20(11-10-16(2)23(19)24)25(29)26-15-14-18-8-6-5-7-9-18/h5-13H,4,14-15H2,1-3H3,(H,26,29). The molecule has 0 saturated carbocycles. The van der Waals surface area contributed by atoms with Gasteiger partial charge < -0.3 is 10.1 Å². The number of nitrogens with one attached hydrogen (secondary N) is 1. The van der Waals surface area contributed by atoms with Crippen LogP contribution in [0.4, 0.5) is 0 Å². The van der Waals surface area contributed by atoms with Crippen LogP contribution in [0, 0.1) is 6.92 Å². The van der Waals surface area contributed by atoms with Gasteiger partial charge in [0.15, 0.2) is 5.78 Å². The molecule has 154 valence electrons. The number of rotatable bonds is 7. The van der Waals surface area contributed by atoms with E-state index < -0.39 is 5.97 Å². The Morgan fingerprint density at radius 3 is 2.27 bits per heavy atom. The maximum absolute atomic E-state index is 13.0. The number of benzene rings is 3. The zero-order valence-corrected chi connectivity index (χ0v) is 17.5. The molecule has 0 unspecified atom stereocenters. The number of ether oxygens (including phenoxy) is 1. The Morgan fingerprint density at radius 2 is 1.60 bits per heavy atom. The molecule has 3 rings (SSSR count). The van der Waals surface area contributed by atoms with Crippen molar-refractivity contribution in [3.8, 4) is 5.75 Å². The van der Waals surface area contributed by atoms with Gasteiger partial charge in [0.25, 0.3) is 5.91 Å². The minimum Gasteiger partial charge on any atom is -0.426 e. The van der Waals surface area contributed by atoms with Gasteiger partial charge in [0.05, 0.1) is 5.56 Å². The van der Waals surface area contributed by atoms with Crippen LogP contribution < -0.4 is 10.1 Å². The summed E-state index contributed by atoms with van der Waals surface area (Å²) in [7, 11) is 0. The molecule has 5 heteroatoms. The van der Waals surface area contributed by atoms with Gasteiger partial charge >= 0.3 is 5.97 Å². The van der Waals surface area contributed by atoms with E-state index in [0.29, 0.717) is 41.3 Å². The van der Waals surface area contributed by atoms with Gasteiger partial charge in [-0.05, 0) is 48.1 Å². The highest BCUT2D eigenvalue weighted by Gasteiger charge is 2.20. The molecule has 3 aromatic carbocycles. The normalized spacial score (nSPS) is 10.6. The number of amides is 1. The van der Waals surface area contributed by atoms with Gasteiger partial charge in [0, 0.05) is 30.8 Å². The predicted molar refractivity (Wildman–Crippen MR) is 117 cm³/mol. The lowest BCUT2D eigenvalue weighted by Gasteiger charge is -2.16. The Kier molecular flexibility index (Phi) is 6.62. The SMILES string of the molecule is CCC(=O)c1ccc(OC(C)=O)c2c(C(=O)NCCc3ccccc3)ccc(C)c12. The van der Waals surface area contributed by atoms with Crippen molar-refractivity contribution in [2.75, 3.05) is 6.54 Å². The van der Waals surface area contributed by atoms with Crippen LogP contribution in [-0.4, -0.2) is 24.2 Å². The average Bonchev–Trinajstić information content (AvgIpc) is 2.74. The third-order valence-corrected chi connectivity index (χ3v) is 4.99. The third kappa shape index (κ3) is 4.57. The monoisotopic (exact) mass is 403 g/mol. The topological polar surface area (TPSA) is 72.5 Å². The molecule has 0 saturated heterocycles. The van der Waals surface area contributed by atoms with E-state index in [1.165, 1.54) is 6.92 Å². The van der Waals surface area contributed by atoms with Crippen molar-refractivity contribution in [3.63, 3.8) is 0 Å². The number of fused-ring (bicyclic) bond motifs is 1. The van der Waals surface area contributed by atoms with E-state index in [2.05, 4.69) is 5.32 Å². The first-order chi connectivity index (χ1) is 14.4. The molecule has 0 aliphatic rings. The molecule has 0 aliphatic heterocycles. The Morgan fingerprint density at radius 1 is 0.900 bits per heavy atom. The zero-order valence-electron chi connectivity index (χ0n) is 17.5. The van der Waals surface area contributed by atoms with Gasteiger partial charge in [0.1, 0.15) is 5.75 Å². The van der Waals surface area contributed by atoms with E-state index >= 15 is 0 Å². The summed E-state index contributed by atoms with van der Waals surface area (Å²) in [5.74, 6) is -0.505. The van der Waals surface area contributed by atoms with Gasteiger partial charge in [-0.3, -0.25) is 14.4 Å². The van der Waals surface area contributed by atoms with Crippen molar-refractivity contribution < 1.29 is 19.1 Å². The van der Waals surface area contributed by atoms with Gasteiger partial charge in [0.2, 0.25) is 0 Å². The predicted octanol–water partition coefficient (Wildman–Crippen LogP) is 4.64. The number of esters is 1. The fourth-order valence-electron chi connectivity index (χ4n) is 3.55. The molecule has 30 heavy (non-hydrogen) atoms. The Balaban J connectivity index is 2.02. The Bertz CT molecular complexity index is 1100. The lowest BCUT2D eigenvalue weighted by molar-refractivity contribution is -0.131. The summed E-state index contributed by atoms with van der Waals surface area (Å²) < 4.78 is 5.39. The van der Waals surface area contributed by atoms with Crippen LogP contribution in [0.2, 0.25) is 0 Å².